The van der Waals surface area contributed by atoms with E-state index in [1.165, 1.54) is 18.4 Å². The number of nitrogens with zero attached hydrogens (tertiary/aromatic N) is 2. The van der Waals surface area contributed by atoms with Crippen molar-refractivity contribution in [3.05, 3.63) is 52.3 Å². The SMILES string of the molecule is COC(=O)c1ccc2c(c1)sc(=NC(=O)Cc1ccc3c(c1)OCO3)n2CCSC. The third-order valence-electron chi connectivity index (χ3n) is 4.64. The van der Waals surface area contributed by atoms with E-state index in [9.17, 15) is 9.59 Å². The molecule has 0 spiro atoms. The number of methoxy groups -OCH3 is 1. The Kier molecular flexibility index (Phi) is 6.10. The van der Waals surface area contributed by atoms with Crippen LogP contribution >= 0.6 is 23.1 Å². The fourth-order valence-electron chi connectivity index (χ4n) is 3.17. The van der Waals surface area contributed by atoms with E-state index in [-0.39, 0.29) is 19.1 Å². The average molecular weight is 445 g/mol. The number of aryl methyl sites for hydroxylation is 1. The second kappa shape index (κ2) is 8.93. The minimum Gasteiger partial charge on any atom is -0.465 e. The van der Waals surface area contributed by atoms with E-state index in [1.807, 2.05) is 29.0 Å². The Bertz CT molecular complexity index is 1180. The van der Waals surface area contributed by atoms with Crippen molar-refractivity contribution in [2.75, 3.05) is 25.9 Å². The summed E-state index contributed by atoms with van der Waals surface area (Å²) in [5.74, 6) is 1.58. The van der Waals surface area contributed by atoms with Gasteiger partial charge in [-0.3, -0.25) is 4.79 Å². The number of hydrogen-bond acceptors (Lipinski definition) is 7. The van der Waals surface area contributed by atoms with Gasteiger partial charge in [0.2, 0.25) is 6.79 Å². The number of thiazole rings is 1. The maximum Gasteiger partial charge on any atom is 0.337 e. The summed E-state index contributed by atoms with van der Waals surface area (Å²) < 4.78 is 18.4. The zero-order valence-electron chi connectivity index (χ0n) is 16.5. The summed E-state index contributed by atoms with van der Waals surface area (Å²) in [6.07, 6.45) is 2.20. The summed E-state index contributed by atoms with van der Waals surface area (Å²) in [5.41, 5.74) is 2.23. The molecule has 0 atom stereocenters. The van der Waals surface area contributed by atoms with Gasteiger partial charge < -0.3 is 18.8 Å². The first kappa shape index (κ1) is 20.5. The molecule has 9 heteroatoms. The van der Waals surface area contributed by atoms with E-state index < -0.39 is 5.97 Å². The van der Waals surface area contributed by atoms with Gasteiger partial charge in [0.05, 0.1) is 29.3 Å². The molecule has 156 valence electrons. The molecule has 7 nitrogen and oxygen atoms in total. The minimum absolute atomic E-state index is 0.167. The predicted molar refractivity (Wildman–Crippen MR) is 116 cm³/mol. The highest BCUT2D eigenvalue weighted by Crippen LogP contribution is 2.32. The Morgan fingerprint density at radius 3 is 2.83 bits per heavy atom. The van der Waals surface area contributed by atoms with Crippen LogP contribution in [-0.2, 0) is 22.5 Å². The van der Waals surface area contributed by atoms with Gasteiger partial charge >= 0.3 is 5.97 Å². The van der Waals surface area contributed by atoms with E-state index in [0.29, 0.717) is 21.9 Å². The molecule has 1 amide bonds. The highest BCUT2D eigenvalue weighted by Gasteiger charge is 2.15. The van der Waals surface area contributed by atoms with Crippen LogP contribution in [-0.4, -0.2) is 42.4 Å². The summed E-state index contributed by atoms with van der Waals surface area (Å²) in [6.45, 7) is 0.913. The quantitative estimate of drug-likeness (QED) is 0.543. The lowest BCUT2D eigenvalue weighted by Gasteiger charge is -2.05. The summed E-state index contributed by atoms with van der Waals surface area (Å²) >= 11 is 3.11. The second-order valence-corrected chi connectivity index (χ2v) is 8.57. The monoisotopic (exact) mass is 444 g/mol. The van der Waals surface area contributed by atoms with Crippen LogP contribution in [0.15, 0.2) is 41.4 Å². The molecule has 3 aromatic rings. The third-order valence-corrected chi connectivity index (χ3v) is 6.27. The topological polar surface area (TPSA) is 79.1 Å². The van der Waals surface area contributed by atoms with Gasteiger partial charge in [-0.25, -0.2) is 4.79 Å². The van der Waals surface area contributed by atoms with Gasteiger partial charge in [-0.2, -0.15) is 16.8 Å². The van der Waals surface area contributed by atoms with E-state index in [0.717, 1.165) is 28.1 Å². The van der Waals surface area contributed by atoms with Crippen LogP contribution in [0.5, 0.6) is 11.5 Å². The highest BCUT2D eigenvalue weighted by molar-refractivity contribution is 7.98. The van der Waals surface area contributed by atoms with Crippen molar-refractivity contribution in [1.82, 2.24) is 4.57 Å². The summed E-state index contributed by atoms with van der Waals surface area (Å²) in [5, 5.41) is 0. The van der Waals surface area contributed by atoms with E-state index in [4.69, 9.17) is 14.2 Å². The van der Waals surface area contributed by atoms with Crippen LogP contribution in [0.3, 0.4) is 0 Å². The number of rotatable bonds is 6. The summed E-state index contributed by atoms with van der Waals surface area (Å²) in [6, 6.07) is 10.8. The number of benzene rings is 2. The number of amides is 1. The molecule has 0 fully saturated rings. The predicted octanol–water partition coefficient (Wildman–Crippen LogP) is 3.25. The van der Waals surface area contributed by atoms with Gasteiger partial charge in [0.15, 0.2) is 16.3 Å². The number of ether oxygens (including phenoxy) is 3. The zero-order valence-corrected chi connectivity index (χ0v) is 18.2. The lowest BCUT2D eigenvalue weighted by molar-refractivity contribution is -0.117. The molecule has 30 heavy (non-hydrogen) atoms. The molecule has 2 heterocycles. The maximum atomic E-state index is 12.7. The number of thioether (sulfide) groups is 1. The van der Waals surface area contributed by atoms with Gasteiger partial charge in [0.25, 0.3) is 5.91 Å². The zero-order chi connectivity index (χ0) is 21.1. The number of fused-ring (bicyclic) bond motifs is 2. The van der Waals surface area contributed by atoms with Crippen molar-refractivity contribution < 1.29 is 23.8 Å². The lowest BCUT2D eigenvalue weighted by atomic mass is 10.1. The largest absolute Gasteiger partial charge is 0.465 e. The molecule has 0 radical (unpaired) electrons. The van der Waals surface area contributed by atoms with Crippen molar-refractivity contribution in [3.63, 3.8) is 0 Å². The molecular weight excluding hydrogens is 424 g/mol. The number of carbonyl (C=O) groups excluding carboxylic acids is 2. The van der Waals surface area contributed by atoms with Crippen molar-refractivity contribution >= 4 is 45.2 Å². The molecule has 1 aliphatic heterocycles. The van der Waals surface area contributed by atoms with Crippen LogP contribution in [0.4, 0.5) is 0 Å². The van der Waals surface area contributed by atoms with Gasteiger partial charge in [0, 0.05) is 12.3 Å². The second-order valence-electron chi connectivity index (χ2n) is 6.57. The standard InChI is InChI=1S/C21H20N2O5S2/c1-26-20(25)14-4-5-15-18(11-14)30-21(23(15)7-8-29-2)22-19(24)10-13-3-6-16-17(9-13)28-12-27-16/h3-6,9,11H,7-8,10,12H2,1-2H3. The number of esters is 1. The fraction of sp³-hybridized carbons (Fsp3) is 0.286. The molecule has 0 saturated carbocycles. The summed E-state index contributed by atoms with van der Waals surface area (Å²) in [4.78, 5) is 29.5. The van der Waals surface area contributed by atoms with Gasteiger partial charge in [-0.05, 0) is 42.2 Å². The van der Waals surface area contributed by atoms with Crippen molar-refractivity contribution in [2.45, 2.75) is 13.0 Å². The van der Waals surface area contributed by atoms with Gasteiger partial charge in [-0.15, -0.1) is 0 Å². The average Bonchev–Trinajstić information content (AvgIpc) is 3.34. The Morgan fingerprint density at radius 1 is 1.20 bits per heavy atom. The van der Waals surface area contributed by atoms with Crippen molar-refractivity contribution in [2.24, 2.45) is 4.99 Å². The molecule has 1 aliphatic rings. The third kappa shape index (κ3) is 4.22. The Hall–Kier alpha value is -2.78. The Morgan fingerprint density at radius 2 is 2.03 bits per heavy atom. The summed E-state index contributed by atoms with van der Waals surface area (Å²) in [7, 11) is 1.36. The molecule has 0 N–H and O–H groups in total. The van der Waals surface area contributed by atoms with Crippen molar-refractivity contribution in [1.29, 1.82) is 0 Å². The van der Waals surface area contributed by atoms with Gasteiger partial charge in [-0.1, -0.05) is 17.4 Å². The van der Waals surface area contributed by atoms with Crippen LogP contribution in [0.25, 0.3) is 10.2 Å². The molecule has 0 saturated heterocycles. The normalized spacial score (nSPS) is 13.1. The minimum atomic E-state index is -0.390. The maximum absolute atomic E-state index is 12.7. The number of carbonyl (C=O) groups is 2. The van der Waals surface area contributed by atoms with Crippen LogP contribution in [0.1, 0.15) is 15.9 Å². The molecular formula is C21H20N2O5S2. The van der Waals surface area contributed by atoms with E-state index >= 15 is 0 Å². The molecule has 4 rings (SSSR count). The molecule has 1 aromatic heterocycles. The van der Waals surface area contributed by atoms with Crippen LogP contribution in [0.2, 0.25) is 0 Å². The van der Waals surface area contributed by atoms with Gasteiger partial charge in [0.1, 0.15) is 0 Å². The Balaban J connectivity index is 1.67. The first-order valence-corrected chi connectivity index (χ1v) is 11.5. The first-order chi connectivity index (χ1) is 14.6. The molecule has 0 bridgehead atoms. The smallest absolute Gasteiger partial charge is 0.337 e. The molecule has 0 unspecified atom stereocenters. The van der Waals surface area contributed by atoms with Crippen LogP contribution < -0.4 is 14.3 Å². The number of aromatic nitrogens is 1. The highest BCUT2D eigenvalue weighted by atomic mass is 32.2. The molecule has 2 aromatic carbocycles. The first-order valence-electron chi connectivity index (χ1n) is 9.26. The van der Waals surface area contributed by atoms with Crippen molar-refractivity contribution in [3.8, 4) is 11.5 Å². The molecule has 0 aliphatic carbocycles. The number of hydrogen-bond donors (Lipinski definition) is 0. The lowest BCUT2D eigenvalue weighted by Crippen LogP contribution is -2.18. The van der Waals surface area contributed by atoms with E-state index in [2.05, 4.69) is 4.99 Å². The van der Waals surface area contributed by atoms with E-state index in [1.54, 1.807) is 30.0 Å². The fourth-order valence-corrected chi connectivity index (χ4v) is 4.65. The Labute approximate surface area is 181 Å². The van der Waals surface area contributed by atoms with Crippen LogP contribution in [0, 0.1) is 0 Å².